The van der Waals surface area contributed by atoms with Crippen LogP contribution in [-0.2, 0) is 43.9 Å². The van der Waals surface area contributed by atoms with Gasteiger partial charge in [-0.2, -0.15) is 23.2 Å². The lowest BCUT2D eigenvalue weighted by atomic mass is 10.0. The minimum Gasteiger partial charge on any atom is -0.481 e. The number of anilines is 2. The highest BCUT2D eigenvalue weighted by molar-refractivity contribution is 5.66. The number of fused-ring (bicyclic) bond motifs is 1. The molecule has 1 aliphatic rings. The van der Waals surface area contributed by atoms with Crippen LogP contribution in [0.15, 0.2) is 30.3 Å². The average molecular weight is 556 g/mol. The molecule has 0 atom stereocenters. The first-order valence-corrected chi connectivity index (χ1v) is 13.3. The van der Waals surface area contributed by atoms with Crippen LogP contribution < -0.4 is 9.80 Å². The highest BCUT2D eigenvalue weighted by Crippen LogP contribution is 2.34. The molecule has 2 aromatic carbocycles. The number of alkyl halides is 3. The maximum atomic E-state index is 13.6. The zero-order valence-electron chi connectivity index (χ0n) is 22.6. The summed E-state index contributed by atoms with van der Waals surface area (Å²) in [6.07, 6.45) is -0.202. The molecular formula is C28H32F3N7O2. The highest BCUT2D eigenvalue weighted by Gasteiger charge is 2.31. The van der Waals surface area contributed by atoms with Gasteiger partial charge in [-0.05, 0) is 90.8 Å². The Morgan fingerprint density at radius 1 is 1.10 bits per heavy atom. The van der Waals surface area contributed by atoms with Crippen molar-refractivity contribution in [1.29, 1.82) is 5.26 Å². The molecule has 1 aliphatic carbocycles. The lowest BCUT2D eigenvalue weighted by molar-refractivity contribution is -0.138. The second-order valence-electron chi connectivity index (χ2n) is 10.00. The molecule has 0 saturated carbocycles. The monoisotopic (exact) mass is 555 g/mol. The summed E-state index contributed by atoms with van der Waals surface area (Å²) in [6, 6.07) is 9.52. The maximum Gasteiger partial charge on any atom is 0.416 e. The molecule has 212 valence electrons. The Morgan fingerprint density at radius 2 is 1.85 bits per heavy atom. The topological polar surface area (TPSA) is 111 Å². The summed E-state index contributed by atoms with van der Waals surface area (Å²) in [5.74, 6) is -0.558. The van der Waals surface area contributed by atoms with Gasteiger partial charge in [-0.3, -0.25) is 4.79 Å². The van der Waals surface area contributed by atoms with Gasteiger partial charge in [-0.25, -0.2) is 0 Å². The van der Waals surface area contributed by atoms with Crippen molar-refractivity contribution in [2.45, 2.75) is 64.7 Å². The van der Waals surface area contributed by atoms with Crippen molar-refractivity contribution in [3.05, 3.63) is 63.7 Å². The first-order chi connectivity index (χ1) is 19.1. The van der Waals surface area contributed by atoms with E-state index in [2.05, 4.69) is 32.4 Å². The molecule has 0 saturated heterocycles. The molecule has 4 rings (SSSR count). The van der Waals surface area contributed by atoms with Gasteiger partial charge in [-0.15, -0.1) is 5.10 Å². The Bertz CT molecular complexity index is 1400. The second-order valence-corrected chi connectivity index (χ2v) is 10.00. The number of hydrogen-bond donors (Lipinski definition) is 1. The number of unbranched alkanes of at least 4 members (excludes halogenated alkanes) is 1. The quantitative estimate of drug-likeness (QED) is 0.315. The molecule has 12 heteroatoms. The highest BCUT2D eigenvalue weighted by atomic mass is 19.4. The van der Waals surface area contributed by atoms with Crippen LogP contribution in [0, 0.1) is 11.3 Å². The third kappa shape index (κ3) is 7.08. The zero-order valence-corrected chi connectivity index (χ0v) is 22.6. The number of carboxylic acids is 1. The Kier molecular flexibility index (Phi) is 8.92. The molecule has 0 fully saturated rings. The van der Waals surface area contributed by atoms with Gasteiger partial charge in [0.15, 0.2) is 0 Å². The number of carboxylic acid groups (broad SMARTS) is 1. The van der Waals surface area contributed by atoms with Crippen LogP contribution in [0.3, 0.4) is 0 Å². The first kappa shape index (κ1) is 28.9. The number of hydrogen-bond acceptors (Lipinski definition) is 7. The fourth-order valence-electron chi connectivity index (χ4n) is 5.15. The van der Waals surface area contributed by atoms with E-state index in [1.54, 1.807) is 11.9 Å². The Balaban J connectivity index is 1.70. The molecule has 0 spiro atoms. The van der Waals surface area contributed by atoms with Crippen LogP contribution in [-0.4, -0.2) is 44.4 Å². The lowest BCUT2D eigenvalue weighted by Gasteiger charge is -2.29. The first-order valence-electron chi connectivity index (χ1n) is 13.3. The van der Waals surface area contributed by atoms with Crippen molar-refractivity contribution in [2.24, 2.45) is 7.05 Å². The Morgan fingerprint density at radius 3 is 2.48 bits per heavy atom. The van der Waals surface area contributed by atoms with E-state index in [4.69, 9.17) is 5.11 Å². The van der Waals surface area contributed by atoms with Crippen LogP contribution in [0.2, 0.25) is 0 Å². The molecule has 3 aromatic rings. The largest absolute Gasteiger partial charge is 0.481 e. The standard InChI is InChI=1S/C28H32F3N7O2/c1-3-37(10-5-4-9-26(39)40)25-15-22-8-6-7-21(22)14-23(25)18-38(27-33-35-36(2)34-27)17-20-11-19(16-32)12-24(13-20)28(29,30)31/h11-15H,3-10,17-18H2,1-2H3,(H,39,40). The normalized spacial score (nSPS) is 12.7. The van der Waals surface area contributed by atoms with Crippen LogP contribution in [0.5, 0.6) is 0 Å². The summed E-state index contributed by atoms with van der Waals surface area (Å²) < 4.78 is 40.7. The number of aryl methyl sites for hydroxylation is 3. The minimum absolute atomic E-state index is 0.0333. The molecule has 0 amide bonds. The number of aliphatic carboxylic acids is 1. The Hall–Kier alpha value is -4.14. The van der Waals surface area contributed by atoms with Crippen LogP contribution >= 0.6 is 0 Å². The lowest BCUT2D eigenvalue weighted by Crippen LogP contribution is -2.29. The smallest absolute Gasteiger partial charge is 0.416 e. The molecule has 1 N–H and O–H groups in total. The van der Waals surface area contributed by atoms with E-state index in [0.29, 0.717) is 38.0 Å². The third-order valence-electron chi connectivity index (χ3n) is 7.05. The zero-order chi connectivity index (χ0) is 28.9. The van der Waals surface area contributed by atoms with E-state index in [1.165, 1.54) is 22.0 Å². The van der Waals surface area contributed by atoms with Crippen molar-refractivity contribution in [3.63, 3.8) is 0 Å². The van der Waals surface area contributed by atoms with Gasteiger partial charge in [0.25, 0.3) is 5.95 Å². The molecule has 40 heavy (non-hydrogen) atoms. The molecule has 0 bridgehead atoms. The van der Waals surface area contributed by atoms with Gasteiger partial charge >= 0.3 is 12.1 Å². The van der Waals surface area contributed by atoms with Crippen molar-refractivity contribution in [3.8, 4) is 6.07 Å². The van der Waals surface area contributed by atoms with Gasteiger partial charge in [0.1, 0.15) is 0 Å². The summed E-state index contributed by atoms with van der Waals surface area (Å²) in [7, 11) is 1.61. The summed E-state index contributed by atoms with van der Waals surface area (Å²) in [5, 5.41) is 30.8. The summed E-state index contributed by atoms with van der Waals surface area (Å²) in [4.78, 5) is 16.2. The molecular weight excluding hydrogens is 523 g/mol. The minimum atomic E-state index is -4.59. The van der Waals surface area contributed by atoms with Crippen molar-refractivity contribution < 1.29 is 23.1 Å². The van der Waals surface area contributed by atoms with E-state index >= 15 is 0 Å². The van der Waals surface area contributed by atoms with Crippen LogP contribution in [0.4, 0.5) is 24.8 Å². The van der Waals surface area contributed by atoms with Crippen LogP contribution in [0.1, 0.15) is 66.0 Å². The molecule has 9 nitrogen and oxygen atoms in total. The molecule has 1 aromatic heterocycles. The van der Waals surface area contributed by atoms with Crippen molar-refractivity contribution >= 4 is 17.6 Å². The van der Waals surface area contributed by atoms with Gasteiger partial charge in [-0.1, -0.05) is 11.2 Å². The number of carbonyl (C=O) groups is 1. The summed E-state index contributed by atoms with van der Waals surface area (Å²) in [5.41, 5.74) is 3.86. The van der Waals surface area contributed by atoms with E-state index in [0.717, 1.165) is 42.6 Å². The third-order valence-corrected chi connectivity index (χ3v) is 7.05. The van der Waals surface area contributed by atoms with E-state index < -0.39 is 17.7 Å². The molecule has 0 unspecified atom stereocenters. The number of tetrazole rings is 1. The van der Waals surface area contributed by atoms with E-state index in [1.807, 2.05) is 13.0 Å². The molecule has 0 aliphatic heterocycles. The van der Waals surface area contributed by atoms with Gasteiger partial charge in [0, 0.05) is 38.3 Å². The number of nitriles is 1. The number of rotatable bonds is 12. The SMILES string of the molecule is CCN(CCCCC(=O)O)c1cc2c(cc1CN(Cc1cc(C#N)cc(C(F)(F)F)c1)c1nnn(C)n1)CCC2. The van der Waals surface area contributed by atoms with Gasteiger partial charge in [0.2, 0.25) is 0 Å². The fourth-order valence-corrected chi connectivity index (χ4v) is 5.15. The predicted octanol–water partition coefficient (Wildman–Crippen LogP) is 4.88. The van der Waals surface area contributed by atoms with Gasteiger partial charge < -0.3 is 14.9 Å². The van der Waals surface area contributed by atoms with Crippen molar-refractivity contribution in [2.75, 3.05) is 22.9 Å². The predicted molar refractivity (Wildman–Crippen MR) is 143 cm³/mol. The number of benzene rings is 2. The number of aromatic nitrogens is 4. The molecule has 1 heterocycles. The fraction of sp³-hybridized carbons (Fsp3) is 0.464. The summed E-state index contributed by atoms with van der Waals surface area (Å²) >= 11 is 0. The van der Waals surface area contributed by atoms with Crippen molar-refractivity contribution in [1.82, 2.24) is 20.2 Å². The Labute approximate surface area is 230 Å². The second kappa shape index (κ2) is 12.4. The summed E-state index contributed by atoms with van der Waals surface area (Å²) in [6.45, 7) is 3.77. The van der Waals surface area contributed by atoms with E-state index in [-0.39, 0.29) is 24.5 Å². The van der Waals surface area contributed by atoms with E-state index in [9.17, 15) is 23.2 Å². The number of nitrogens with zero attached hydrogens (tertiary/aromatic N) is 7. The average Bonchev–Trinajstić information content (AvgIpc) is 3.55. The number of halogens is 3. The molecule has 0 radical (unpaired) electrons. The maximum absolute atomic E-state index is 13.6. The van der Waals surface area contributed by atoms with Crippen LogP contribution in [0.25, 0.3) is 0 Å². The van der Waals surface area contributed by atoms with Gasteiger partial charge in [0.05, 0.1) is 24.2 Å².